The number of para-hydroxylation sites is 1. The maximum atomic E-state index is 6.31. The number of nitrogens with zero attached hydrogens (tertiary/aromatic N) is 2. The summed E-state index contributed by atoms with van der Waals surface area (Å²) in [4.78, 5) is 8.81. The number of hydrogen-bond acceptors (Lipinski definition) is 4. The van der Waals surface area contributed by atoms with Gasteiger partial charge < -0.3 is 19.7 Å². The third kappa shape index (κ3) is 6.11. The molecule has 52 heavy (non-hydrogen) atoms. The molecule has 5 heteroatoms. The summed E-state index contributed by atoms with van der Waals surface area (Å²) in [6, 6.07) is 58.3. The minimum Gasteiger partial charge on any atom is -0.456 e. The first-order valence-corrected chi connectivity index (χ1v) is 17.0. The maximum absolute atomic E-state index is 6.31. The van der Waals surface area contributed by atoms with Gasteiger partial charge in [0.1, 0.15) is 11.2 Å². The van der Waals surface area contributed by atoms with Crippen LogP contribution < -0.4 is 5.32 Å². The fourth-order valence-electron chi connectivity index (χ4n) is 6.96. The first-order chi connectivity index (χ1) is 25.2. The second kappa shape index (κ2) is 14.2. The van der Waals surface area contributed by atoms with Crippen LogP contribution in [0.2, 0.25) is 0 Å². The van der Waals surface area contributed by atoms with E-state index in [1.165, 1.54) is 27.8 Å². The first-order valence-electron chi connectivity index (χ1n) is 17.0. The average Bonchev–Trinajstić information content (AvgIpc) is 3.59. The van der Waals surface area contributed by atoms with Gasteiger partial charge >= 0.3 is 0 Å². The van der Waals surface area contributed by atoms with Crippen molar-refractivity contribution in [3.05, 3.63) is 182 Å². The van der Waals surface area contributed by atoms with Gasteiger partial charge in [0.05, 0.1) is 0 Å². The largest absolute Gasteiger partial charge is 0.456 e. The normalized spacial score (nSPS) is 11.2. The van der Waals surface area contributed by atoms with Gasteiger partial charge in [0.15, 0.2) is 0 Å². The molecule has 1 radical (unpaired) electrons. The van der Waals surface area contributed by atoms with Gasteiger partial charge in [0, 0.05) is 54.5 Å². The van der Waals surface area contributed by atoms with Crippen molar-refractivity contribution in [2.45, 2.75) is 6.92 Å². The van der Waals surface area contributed by atoms with Gasteiger partial charge in [-0.1, -0.05) is 78.4 Å². The Labute approximate surface area is 316 Å². The predicted octanol–water partition coefficient (Wildman–Crippen LogP) is 12.4. The molecule has 0 unspecified atom stereocenters. The van der Waals surface area contributed by atoms with Crippen molar-refractivity contribution in [3.8, 4) is 55.9 Å². The van der Waals surface area contributed by atoms with Crippen LogP contribution in [0.4, 0.5) is 11.4 Å². The number of pyridine rings is 2. The van der Waals surface area contributed by atoms with Crippen molar-refractivity contribution in [1.29, 1.82) is 0 Å². The van der Waals surface area contributed by atoms with Gasteiger partial charge in [-0.2, -0.15) is 0 Å². The Hall–Kier alpha value is -6.13. The molecule has 1 aliphatic rings. The van der Waals surface area contributed by atoms with Crippen LogP contribution in [-0.2, 0) is 20.1 Å². The Bertz CT molecular complexity index is 2620. The molecule has 10 rings (SSSR count). The van der Waals surface area contributed by atoms with Crippen LogP contribution in [0.5, 0.6) is 0 Å². The van der Waals surface area contributed by atoms with E-state index >= 15 is 0 Å². The van der Waals surface area contributed by atoms with Gasteiger partial charge in [0.25, 0.3) is 0 Å². The first kappa shape index (κ1) is 33.0. The minimum absolute atomic E-state index is 0. The Morgan fingerprint density at radius 3 is 2.02 bits per heavy atom. The maximum Gasteiger partial charge on any atom is 0.136 e. The van der Waals surface area contributed by atoms with Gasteiger partial charge in [-0.25, -0.2) is 0 Å². The zero-order valence-corrected chi connectivity index (χ0v) is 30.6. The molecule has 9 aromatic rings. The van der Waals surface area contributed by atoms with Crippen LogP contribution in [0, 0.1) is 19.1 Å². The number of aromatic nitrogens is 2. The van der Waals surface area contributed by atoms with E-state index in [1.54, 1.807) is 6.20 Å². The molecular weight excluding hydrogens is 815 g/mol. The molecule has 0 aliphatic carbocycles. The molecule has 0 atom stereocenters. The molecule has 0 fully saturated rings. The summed E-state index contributed by atoms with van der Waals surface area (Å²) in [7, 11) is 0. The molecule has 3 aromatic heterocycles. The summed E-state index contributed by atoms with van der Waals surface area (Å²) in [6.45, 7) is 2.23. The van der Waals surface area contributed by atoms with Crippen molar-refractivity contribution in [2.75, 3.05) is 5.32 Å². The molecule has 0 amide bonds. The number of furan rings is 1. The van der Waals surface area contributed by atoms with Gasteiger partial charge in [-0.3, -0.25) is 0 Å². The zero-order chi connectivity index (χ0) is 34.1. The molecular formula is C47H31IrN3O-2. The summed E-state index contributed by atoms with van der Waals surface area (Å²) >= 11 is 0. The second-order valence-electron chi connectivity index (χ2n) is 12.5. The molecule has 6 aromatic carbocycles. The Kier molecular flexibility index (Phi) is 9.05. The summed E-state index contributed by atoms with van der Waals surface area (Å²) in [6.07, 6.45) is 3.62. The SMILES string of the molecule is Cc1c2cc(-c3ccccc3)cc1-c1c(ccc3oc4ccccc4c13)Nc1c[c-]c(-c3ccccn3)cc1-2.[Ir].[c-]1ccccc1-c1ccccn1. The Morgan fingerprint density at radius 1 is 0.558 bits per heavy atom. The van der Waals surface area contributed by atoms with Crippen molar-refractivity contribution in [3.63, 3.8) is 0 Å². The molecule has 0 spiro atoms. The van der Waals surface area contributed by atoms with E-state index in [0.29, 0.717) is 0 Å². The third-order valence-corrected chi connectivity index (χ3v) is 9.43. The minimum atomic E-state index is 0. The molecule has 2 bridgehead atoms. The number of anilines is 2. The number of rotatable bonds is 3. The molecule has 0 saturated carbocycles. The summed E-state index contributed by atoms with van der Waals surface area (Å²) in [5.41, 5.74) is 16.0. The molecule has 1 aliphatic heterocycles. The van der Waals surface area contributed by atoms with E-state index in [1.807, 2.05) is 79.0 Å². The zero-order valence-electron chi connectivity index (χ0n) is 28.2. The van der Waals surface area contributed by atoms with Crippen LogP contribution in [0.15, 0.2) is 168 Å². The van der Waals surface area contributed by atoms with E-state index in [-0.39, 0.29) is 20.1 Å². The van der Waals surface area contributed by atoms with Crippen molar-refractivity contribution in [2.24, 2.45) is 0 Å². The van der Waals surface area contributed by atoms with Crippen LogP contribution in [-0.4, -0.2) is 9.97 Å². The molecule has 251 valence electrons. The standard InChI is InChI=1S/C36H23N2O.C11H8N.Ir/c1-22-27-20-25(23-9-3-2-4-10-23)21-28(22)35-32(16-17-34-36(35)26-11-5-6-13-33(26)39-34)38-31-15-14-24(19-29(27)31)30-12-7-8-18-37-30;1-2-6-10(7-3-1)11-8-4-5-9-12-11;/h2-13,15-21,38H,1H3;1-6,8-9H;/q2*-1;. The van der Waals surface area contributed by atoms with Gasteiger partial charge in [-0.15, -0.1) is 59.7 Å². The van der Waals surface area contributed by atoms with E-state index < -0.39 is 0 Å². The average molecular weight is 846 g/mol. The Morgan fingerprint density at radius 2 is 1.27 bits per heavy atom. The predicted molar refractivity (Wildman–Crippen MR) is 209 cm³/mol. The van der Waals surface area contributed by atoms with E-state index in [2.05, 4.69) is 113 Å². The third-order valence-electron chi connectivity index (χ3n) is 9.43. The number of nitrogens with one attached hydrogen (secondary N) is 1. The van der Waals surface area contributed by atoms with E-state index in [9.17, 15) is 0 Å². The molecule has 0 saturated heterocycles. The number of fused-ring (bicyclic) bond motifs is 10. The summed E-state index contributed by atoms with van der Waals surface area (Å²) in [5.74, 6) is 0. The van der Waals surface area contributed by atoms with Crippen molar-refractivity contribution in [1.82, 2.24) is 9.97 Å². The van der Waals surface area contributed by atoms with Gasteiger partial charge in [-0.05, 0) is 94.3 Å². The molecule has 1 N–H and O–H groups in total. The summed E-state index contributed by atoms with van der Waals surface area (Å²) in [5, 5.41) is 6.03. The molecule has 4 nitrogen and oxygen atoms in total. The topological polar surface area (TPSA) is 51.0 Å². The van der Waals surface area contributed by atoms with Crippen LogP contribution in [0.25, 0.3) is 77.8 Å². The monoisotopic (exact) mass is 846 g/mol. The van der Waals surface area contributed by atoms with Crippen molar-refractivity contribution < 1.29 is 24.5 Å². The number of benzene rings is 6. The smallest absolute Gasteiger partial charge is 0.136 e. The van der Waals surface area contributed by atoms with Crippen LogP contribution in [0.3, 0.4) is 0 Å². The van der Waals surface area contributed by atoms with Gasteiger partial charge in [0.2, 0.25) is 0 Å². The van der Waals surface area contributed by atoms with E-state index in [4.69, 9.17) is 4.42 Å². The van der Waals surface area contributed by atoms with E-state index in [0.717, 1.165) is 67.0 Å². The van der Waals surface area contributed by atoms with Crippen LogP contribution in [0.1, 0.15) is 5.56 Å². The second-order valence-corrected chi connectivity index (χ2v) is 12.5. The fourth-order valence-corrected chi connectivity index (χ4v) is 6.96. The van der Waals surface area contributed by atoms with Crippen LogP contribution >= 0.6 is 0 Å². The number of hydrogen-bond donors (Lipinski definition) is 1. The van der Waals surface area contributed by atoms with Crippen molar-refractivity contribution >= 4 is 33.3 Å². The quantitative estimate of drug-likeness (QED) is 0.180. The fraction of sp³-hybridized carbons (Fsp3) is 0.0213. The summed E-state index contributed by atoms with van der Waals surface area (Å²) < 4.78 is 6.31. The molecule has 4 heterocycles. The Balaban J connectivity index is 0.000000253.